The lowest BCUT2D eigenvalue weighted by molar-refractivity contribution is -0.118. The van der Waals surface area contributed by atoms with Gasteiger partial charge in [-0.05, 0) is 54.5 Å². The quantitative estimate of drug-likeness (QED) is 0.364. The highest BCUT2D eigenvalue weighted by molar-refractivity contribution is 5.93. The fraction of sp³-hybridized carbons (Fsp3) is 0.290. The Morgan fingerprint density at radius 2 is 1.65 bits per heavy atom. The average molecular weight is 494 g/mol. The van der Waals surface area contributed by atoms with Crippen LogP contribution < -0.4 is 10.1 Å². The zero-order valence-electron chi connectivity index (χ0n) is 20.8. The number of ether oxygens (including phenoxy) is 1. The van der Waals surface area contributed by atoms with Gasteiger partial charge in [-0.3, -0.25) is 9.69 Å². The number of hydrogen-bond donors (Lipinski definition) is 1. The summed E-state index contributed by atoms with van der Waals surface area (Å²) in [4.78, 5) is 15.5. The molecule has 6 rings (SSSR count). The summed E-state index contributed by atoms with van der Waals surface area (Å²) in [6.45, 7) is 3.21. The molecule has 0 bridgehead atoms. The van der Waals surface area contributed by atoms with Crippen molar-refractivity contribution in [1.82, 2.24) is 10.1 Å². The van der Waals surface area contributed by atoms with Gasteiger partial charge in [0.2, 0.25) is 5.91 Å². The number of aromatic nitrogens is 1. The van der Waals surface area contributed by atoms with Crippen molar-refractivity contribution in [1.29, 1.82) is 0 Å². The van der Waals surface area contributed by atoms with Crippen molar-refractivity contribution in [2.24, 2.45) is 11.8 Å². The van der Waals surface area contributed by atoms with Crippen molar-refractivity contribution in [3.05, 3.63) is 90.7 Å². The summed E-state index contributed by atoms with van der Waals surface area (Å²) >= 11 is 0. The van der Waals surface area contributed by atoms with E-state index in [1.807, 2.05) is 66.7 Å². The zero-order chi connectivity index (χ0) is 25.0. The number of amides is 1. The van der Waals surface area contributed by atoms with E-state index in [2.05, 4.69) is 33.6 Å². The Morgan fingerprint density at radius 1 is 0.865 bits per heavy atom. The Bertz CT molecular complexity index is 1350. The van der Waals surface area contributed by atoms with Crippen LogP contribution >= 0.6 is 0 Å². The summed E-state index contributed by atoms with van der Waals surface area (Å²) in [6.07, 6.45) is 2.43. The van der Waals surface area contributed by atoms with E-state index in [1.165, 1.54) is 0 Å². The monoisotopic (exact) mass is 493 g/mol. The Morgan fingerprint density at radius 3 is 2.46 bits per heavy atom. The Hall–Kier alpha value is -3.90. The van der Waals surface area contributed by atoms with Crippen LogP contribution in [0.4, 0.5) is 5.69 Å². The van der Waals surface area contributed by atoms with Gasteiger partial charge in [-0.2, -0.15) is 0 Å². The van der Waals surface area contributed by atoms with Crippen molar-refractivity contribution in [3.63, 3.8) is 0 Å². The Kier molecular flexibility index (Phi) is 6.74. The molecule has 1 amide bonds. The number of rotatable bonds is 4. The van der Waals surface area contributed by atoms with Gasteiger partial charge in [0, 0.05) is 24.6 Å². The van der Waals surface area contributed by atoms with Gasteiger partial charge in [-0.15, -0.1) is 0 Å². The molecule has 0 unspecified atom stereocenters. The third-order valence-corrected chi connectivity index (χ3v) is 7.54. The molecule has 0 aliphatic carbocycles. The molecule has 0 radical (unpaired) electrons. The Balaban J connectivity index is 1.13. The van der Waals surface area contributed by atoms with E-state index < -0.39 is 0 Å². The van der Waals surface area contributed by atoms with E-state index >= 15 is 0 Å². The molecule has 1 saturated heterocycles. The number of anilines is 1. The number of nitrogens with one attached hydrogen (secondary N) is 1. The number of likely N-dealkylation sites (tertiary alicyclic amines) is 1. The zero-order valence-corrected chi connectivity index (χ0v) is 20.8. The van der Waals surface area contributed by atoms with Crippen LogP contribution in [-0.4, -0.2) is 35.7 Å². The number of nitrogens with zero attached hydrogens (tertiary/aromatic N) is 2. The van der Waals surface area contributed by atoms with Crippen molar-refractivity contribution >= 4 is 11.6 Å². The number of piperidine rings is 1. The molecule has 188 valence electrons. The smallest absolute Gasteiger partial charge is 0.224 e. The number of carbonyl (C=O) groups is 1. The third-order valence-electron chi connectivity index (χ3n) is 7.54. The van der Waals surface area contributed by atoms with Gasteiger partial charge in [-0.1, -0.05) is 71.9 Å². The van der Waals surface area contributed by atoms with Crippen LogP contribution in [0.25, 0.3) is 22.4 Å². The Labute approximate surface area is 217 Å². The summed E-state index contributed by atoms with van der Waals surface area (Å²) in [5.41, 5.74) is 4.86. The maximum absolute atomic E-state index is 13.1. The molecule has 6 nitrogen and oxygen atoms in total. The van der Waals surface area contributed by atoms with E-state index in [-0.39, 0.29) is 5.91 Å². The van der Waals surface area contributed by atoms with Gasteiger partial charge in [0.25, 0.3) is 0 Å². The van der Waals surface area contributed by atoms with Gasteiger partial charge < -0.3 is 14.6 Å². The molecule has 0 saturated carbocycles. The second-order valence-corrected chi connectivity index (χ2v) is 10.1. The lowest BCUT2D eigenvalue weighted by Crippen LogP contribution is -2.42. The van der Waals surface area contributed by atoms with Gasteiger partial charge in [0.05, 0.1) is 18.8 Å². The molecule has 2 atom stereocenters. The maximum Gasteiger partial charge on any atom is 0.224 e. The van der Waals surface area contributed by atoms with E-state index in [9.17, 15) is 4.79 Å². The second kappa shape index (κ2) is 10.6. The summed E-state index contributed by atoms with van der Waals surface area (Å²) < 4.78 is 11.9. The van der Waals surface area contributed by atoms with Gasteiger partial charge in [0.15, 0.2) is 5.76 Å². The van der Waals surface area contributed by atoms with Crippen molar-refractivity contribution in [2.75, 3.05) is 25.0 Å². The molecule has 6 heteroatoms. The molecule has 0 spiro atoms. The van der Waals surface area contributed by atoms with Crippen LogP contribution in [0.1, 0.15) is 25.0 Å². The maximum atomic E-state index is 13.1. The molecular formula is C31H31N3O3. The minimum absolute atomic E-state index is 0.0585. The van der Waals surface area contributed by atoms with Crippen LogP contribution in [0.3, 0.4) is 0 Å². The minimum atomic E-state index is 0.0585. The predicted octanol–water partition coefficient (Wildman–Crippen LogP) is 6.26. The van der Waals surface area contributed by atoms with Crippen molar-refractivity contribution in [2.45, 2.75) is 25.8 Å². The van der Waals surface area contributed by atoms with Crippen LogP contribution in [0.5, 0.6) is 5.75 Å². The summed E-state index contributed by atoms with van der Waals surface area (Å²) in [6, 6.07) is 28.4. The van der Waals surface area contributed by atoms with E-state index in [1.54, 1.807) is 0 Å². The number of fused-ring (bicyclic) bond motifs is 2. The van der Waals surface area contributed by atoms with Gasteiger partial charge in [0.1, 0.15) is 11.4 Å². The molecule has 4 aromatic rings. The SMILES string of the molecule is O=C1C[C@@H]2CCN(Cc3cc(-c4ccccc4)no3)C[C@@H]2CCOc2ccc(-c3ccccc3)cc2N1. The average Bonchev–Trinajstić information content (AvgIpc) is 3.40. The molecule has 2 aliphatic rings. The second-order valence-electron chi connectivity index (χ2n) is 10.1. The largest absolute Gasteiger partial charge is 0.491 e. The van der Waals surface area contributed by atoms with Crippen molar-refractivity contribution < 1.29 is 14.1 Å². The van der Waals surface area contributed by atoms with Crippen LogP contribution in [0, 0.1) is 11.8 Å². The summed E-state index contributed by atoms with van der Waals surface area (Å²) in [5.74, 6) is 2.39. The highest BCUT2D eigenvalue weighted by Gasteiger charge is 2.32. The standard InChI is InChI=1S/C31H31N3O3/c35-31-18-25-13-15-34(21-27-19-28(33-37-27)23-9-5-2-6-10-23)20-26(25)14-16-36-30-12-11-24(17-29(30)32-31)22-7-3-1-4-8-22/h1-12,17,19,25-26H,13-16,18,20-21H2,(H,32,35)/t25-,26-/m0/s1. The van der Waals surface area contributed by atoms with Gasteiger partial charge in [-0.25, -0.2) is 0 Å². The lowest BCUT2D eigenvalue weighted by atomic mass is 9.81. The minimum Gasteiger partial charge on any atom is -0.491 e. The molecule has 3 aromatic carbocycles. The fourth-order valence-electron chi connectivity index (χ4n) is 5.57. The van der Waals surface area contributed by atoms with Crippen LogP contribution in [0.15, 0.2) is 89.5 Å². The summed E-state index contributed by atoms with van der Waals surface area (Å²) in [5, 5.41) is 7.41. The van der Waals surface area contributed by atoms with Crippen LogP contribution in [-0.2, 0) is 11.3 Å². The molecule has 2 aliphatic heterocycles. The predicted molar refractivity (Wildman–Crippen MR) is 144 cm³/mol. The molecule has 1 fully saturated rings. The molecule has 1 N–H and O–H groups in total. The fourth-order valence-corrected chi connectivity index (χ4v) is 5.57. The van der Waals surface area contributed by atoms with E-state index in [4.69, 9.17) is 9.26 Å². The first-order valence-electron chi connectivity index (χ1n) is 13.1. The number of carbonyl (C=O) groups excluding carboxylic acids is 1. The topological polar surface area (TPSA) is 67.6 Å². The highest BCUT2D eigenvalue weighted by atomic mass is 16.5. The van der Waals surface area contributed by atoms with E-state index in [0.717, 1.165) is 72.1 Å². The van der Waals surface area contributed by atoms with E-state index in [0.29, 0.717) is 24.9 Å². The van der Waals surface area contributed by atoms with Gasteiger partial charge >= 0.3 is 0 Å². The number of benzene rings is 3. The lowest BCUT2D eigenvalue weighted by Gasteiger charge is -2.38. The first-order valence-corrected chi connectivity index (χ1v) is 13.1. The highest BCUT2D eigenvalue weighted by Crippen LogP contribution is 2.35. The molecule has 37 heavy (non-hydrogen) atoms. The van der Waals surface area contributed by atoms with Crippen molar-refractivity contribution in [3.8, 4) is 28.1 Å². The molecule has 1 aromatic heterocycles. The molecule has 3 heterocycles. The van der Waals surface area contributed by atoms with Crippen LogP contribution in [0.2, 0.25) is 0 Å². The first kappa shape index (κ1) is 23.5. The first-order chi connectivity index (χ1) is 18.2. The molecular weight excluding hydrogens is 462 g/mol. The third kappa shape index (κ3) is 5.44. The summed E-state index contributed by atoms with van der Waals surface area (Å²) in [7, 11) is 0. The normalized spacial score (nSPS) is 20.3. The number of hydrogen-bond acceptors (Lipinski definition) is 5.